The smallest absolute Gasteiger partial charge is 0.333 e. The number of hydrogen-bond donors (Lipinski definition) is 0. The first-order valence-electron chi connectivity index (χ1n) is 21.0. The van der Waals surface area contributed by atoms with E-state index < -0.39 is 55.1 Å². The van der Waals surface area contributed by atoms with Gasteiger partial charge in [0.05, 0.1) is 43.2 Å². The summed E-state index contributed by atoms with van der Waals surface area (Å²) < 4.78 is 82.8. The van der Waals surface area contributed by atoms with Crippen LogP contribution in [0, 0.1) is 0 Å². The van der Waals surface area contributed by atoms with Gasteiger partial charge in [-0.3, -0.25) is 9.59 Å². The van der Waals surface area contributed by atoms with Crippen molar-refractivity contribution in [1.82, 2.24) is 19.2 Å². The molecule has 0 spiro atoms. The maximum absolute atomic E-state index is 12.4. The molecule has 2 amide bonds. The number of allylic oxidation sites excluding steroid dienone is 1. The van der Waals surface area contributed by atoms with Crippen LogP contribution in [-0.2, 0) is 46.0 Å². The van der Waals surface area contributed by atoms with E-state index in [0.717, 1.165) is 35.4 Å². The van der Waals surface area contributed by atoms with Gasteiger partial charge in [-0.2, -0.15) is 0 Å². The Balaban J connectivity index is 1.36. The molecular formula is C44H52N5O11S2-. The number of rotatable bonds is 16. The number of likely N-dealkylation sites (N-methyl/N-ethyl adjacent to an activating group) is 1. The highest BCUT2D eigenvalue weighted by atomic mass is 32.2. The van der Waals surface area contributed by atoms with Gasteiger partial charge in [0.25, 0.3) is 11.8 Å². The van der Waals surface area contributed by atoms with Crippen LogP contribution in [0.4, 0.5) is 5.69 Å². The lowest BCUT2D eigenvalue weighted by Crippen LogP contribution is -2.50. The maximum Gasteiger partial charge on any atom is 0.333 e. The van der Waals surface area contributed by atoms with Crippen LogP contribution in [0.3, 0.4) is 0 Å². The number of benzene rings is 2. The Morgan fingerprint density at radius 3 is 2.26 bits per heavy atom. The van der Waals surface area contributed by atoms with Gasteiger partial charge in [-0.25, -0.2) is 31.2 Å². The summed E-state index contributed by atoms with van der Waals surface area (Å²) in [5.74, 6) is -1.50. The summed E-state index contributed by atoms with van der Waals surface area (Å²) in [7, 11) is -9.27. The SMILES string of the molecule is CCC1=CC(C)(C)N(CC)c2cc3c(cc21)C(c1nccn1CCCCCC(=O)ON1C(=O)CCC1=O)=c1cc2c(cc1O3)=[N+](CCCS(=O)(=O)[O-])C(C)(C)C=C2CS(=O)(=O)[O-]. The molecule has 1 fully saturated rings. The number of anilines is 1. The topological polar surface area (TPSA) is 211 Å². The van der Waals surface area contributed by atoms with E-state index in [1.807, 2.05) is 41.3 Å². The molecule has 62 heavy (non-hydrogen) atoms. The molecule has 3 aromatic rings. The van der Waals surface area contributed by atoms with Crippen LogP contribution in [0.15, 0.2) is 48.8 Å². The molecule has 4 aliphatic heterocycles. The lowest BCUT2D eigenvalue weighted by Gasteiger charge is -2.43. The van der Waals surface area contributed by atoms with Crippen molar-refractivity contribution in [2.45, 2.75) is 111 Å². The Morgan fingerprint density at radius 1 is 0.871 bits per heavy atom. The van der Waals surface area contributed by atoms with E-state index in [9.17, 15) is 40.3 Å². The molecule has 0 radical (unpaired) electrons. The third-order valence-corrected chi connectivity index (χ3v) is 13.4. The standard InChI is InChI=1S/C44H53N5O11S2/c1-7-28-25-43(3,4)47(8-2)34-23-36-32(21-30(28)34)41(42-45-16-19-46(42)17-11-9-10-13-40(52)60-49-38(50)14-15-39(49)51)33-22-31-29(27-62(56,57)58)26-44(5,6)48(18-12-20-61(53,54)55)35(31)24-37(33)59-36/h16,19,21-26H,7-15,17-18,20,27H2,1-6H3,(H-,53,54,55,56,57,58)/p-1. The lowest BCUT2D eigenvalue weighted by atomic mass is 9.84. The molecule has 5 heterocycles. The molecule has 4 aliphatic rings. The summed E-state index contributed by atoms with van der Waals surface area (Å²) in [6, 6.07) is 7.77. The number of unbranched alkanes of at least 4 members (excludes halogenated alkanes) is 2. The molecule has 16 nitrogen and oxygen atoms in total. The van der Waals surface area contributed by atoms with Crippen LogP contribution < -0.4 is 24.8 Å². The normalized spacial score (nSPS) is 17.8. The van der Waals surface area contributed by atoms with E-state index in [1.165, 1.54) is 0 Å². The fourth-order valence-electron chi connectivity index (χ4n) is 9.19. The van der Waals surface area contributed by atoms with Crippen LogP contribution in [0.1, 0.15) is 115 Å². The summed E-state index contributed by atoms with van der Waals surface area (Å²) in [4.78, 5) is 48.4. The van der Waals surface area contributed by atoms with Gasteiger partial charge < -0.3 is 28.1 Å². The minimum absolute atomic E-state index is 0.00828. The maximum atomic E-state index is 12.4. The molecule has 1 aromatic heterocycles. The number of imide groups is 1. The first kappa shape index (κ1) is 44.9. The van der Waals surface area contributed by atoms with Gasteiger partial charge in [-0.15, -0.1) is 5.06 Å². The molecule has 1 saturated heterocycles. The number of carbonyl (C=O) groups is 3. The molecule has 7 rings (SSSR count). The van der Waals surface area contributed by atoms with Gasteiger partial charge in [0.1, 0.15) is 23.9 Å². The van der Waals surface area contributed by atoms with Gasteiger partial charge in [-0.05, 0) is 69.4 Å². The van der Waals surface area contributed by atoms with E-state index in [1.54, 1.807) is 18.3 Å². The molecule has 0 atom stereocenters. The van der Waals surface area contributed by atoms with Crippen molar-refractivity contribution in [3.63, 3.8) is 0 Å². The van der Waals surface area contributed by atoms with Crippen LogP contribution >= 0.6 is 0 Å². The molecule has 0 N–H and O–H groups in total. The van der Waals surface area contributed by atoms with Crippen LogP contribution in [0.2, 0.25) is 0 Å². The highest BCUT2D eigenvalue weighted by molar-refractivity contribution is 7.86. The van der Waals surface area contributed by atoms with Gasteiger partial charge in [0.2, 0.25) is 5.36 Å². The second kappa shape index (κ2) is 16.8. The van der Waals surface area contributed by atoms with Gasteiger partial charge in [0.15, 0.2) is 5.54 Å². The summed E-state index contributed by atoms with van der Waals surface area (Å²) in [5, 5.41) is 1.67. The number of fused-ring (bicyclic) bond motifs is 4. The zero-order chi connectivity index (χ0) is 44.9. The molecule has 0 unspecified atom stereocenters. The predicted molar refractivity (Wildman–Crippen MR) is 229 cm³/mol. The first-order chi connectivity index (χ1) is 29.1. The van der Waals surface area contributed by atoms with E-state index >= 15 is 0 Å². The number of imidazole rings is 1. The highest BCUT2D eigenvalue weighted by Gasteiger charge is 2.38. The van der Waals surface area contributed by atoms with E-state index in [2.05, 4.69) is 44.7 Å². The Morgan fingerprint density at radius 2 is 1.60 bits per heavy atom. The van der Waals surface area contributed by atoms with Gasteiger partial charge in [0, 0.05) is 104 Å². The number of hydroxylamine groups is 2. The summed E-state index contributed by atoms with van der Waals surface area (Å²) >= 11 is 0. The summed E-state index contributed by atoms with van der Waals surface area (Å²) in [6.45, 7) is 13.6. The molecule has 0 bridgehead atoms. The average Bonchev–Trinajstić information content (AvgIpc) is 3.76. The van der Waals surface area contributed by atoms with Gasteiger partial charge in [-0.1, -0.05) is 19.4 Å². The Bertz CT molecular complexity index is 2770. The first-order valence-corrected chi connectivity index (χ1v) is 24.1. The van der Waals surface area contributed by atoms with Crippen molar-refractivity contribution in [3.8, 4) is 11.5 Å². The zero-order valence-corrected chi connectivity index (χ0v) is 37.5. The largest absolute Gasteiger partial charge is 0.748 e. The second-order valence-corrected chi connectivity index (χ2v) is 20.1. The number of nitrogens with zero attached hydrogens (tertiary/aromatic N) is 5. The molecule has 0 aliphatic carbocycles. The van der Waals surface area contributed by atoms with Crippen LogP contribution in [0.5, 0.6) is 11.5 Å². The van der Waals surface area contributed by atoms with Crippen molar-refractivity contribution in [1.29, 1.82) is 0 Å². The number of amides is 2. The molecule has 18 heteroatoms. The number of hydrogen-bond acceptors (Lipinski definition) is 13. The predicted octanol–water partition coefficient (Wildman–Crippen LogP) is 3.96. The number of carbonyl (C=O) groups excluding carboxylic acids is 3. The molecular weight excluding hydrogens is 839 g/mol. The summed E-state index contributed by atoms with van der Waals surface area (Å²) in [6.07, 6.45) is 10.1. The monoisotopic (exact) mass is 890 g/mol. The van der Waals surface area contributed by atoms with Crippen molar-refractivity contribution in [2.75, 3.05) is 29.5 Å². The van der Waals surface area contributed by atoms with Crippen LogP contribution in [0.25, 0.3) is 16.7 Å². The molecule has 332 valence electrons. The Kier molecular flexibility index (Phi) is 12.2. The molecule has 2 aromatic carbocycles. The lowest BCUT2D eigenvalue weighted by molar-refractivity contribution is -0.197. The fourth-order valence-corrected chi connectivity index (χ4v) is 10.3. The zero-order valence-electron chi connectivity index (χ0n) is 35.9. The van der Waals surface area contributed by atoms with Crippen molar-refractivity contribution < 1.29 is 49.9 Å². The Hall–Kier alpha value is -5.17. The average molecular weight is 891 g/mol. The number of ether oxygens (including phenoxy) is 1. The summed E-state index contributed by atoms with van der Waals surface area (Å²) in [5.41, 5.74) is 4.22. The number of aryl methyl sites for hydroxylation is 1. The minimum Gasteiger partial charge on any atom is -0.748 e. The minimum atomic E-state index is -4.76. The van der Waals surface area contributed by atoms with Crippen LogP contribution in [-0.4, -0.2) is 94.0 Å². The fraction of sp³-hybridized carbons (Fsp3) is 0.477. The number of aromatic nitrogens is 2. The van der Waals surface area contributed by atoms with Crippen molar-refractivity contribution in [2.24, 2.45) is 0 Å². The van der Waals surface area contributed by atoms with Crippen molar-refractivity contribution >= 4 is 60.4 Å². The Labute approximate surface area is 361 Å². The van der Waals surface area contributed by atoms with Gasteiger partial charge >= 0.3 is 5.97 Å². The third-order valence-electron chi connectivity index (χ3n) is 11.9. The molecule has 0 saturated carbocycles. The highest BCUT2D eigenvalue weighted by Crippen LogP contribution is 2.47. The van der Waals surface area contributed by atoms with E-state index in [4.69, 9.17) is 14.6 Å². The van der Waals surface area contributed by atoms with Crippen molar-refractivity contribution in [3.05, 3.63) is 81.9 Å². The quantitative estimate of drug-likeness (QED) is 0.0676. The van der Waals surface area contributed by atoms with E-state index in [-0.39, 0.29) is 43.3 Å². The third kappa shape index (κ3) is 9.14. The van der Waals surface area contributed by atoms with E-state index in [0.29, 0.717) is 69.9 Å². The second-order valence-electron chi connectivity index (χ2n) is 17.2.